The average Bonchev–Trinajstić information content (AvgIpc) is 2.31. The SMILES string of the molecule is N#Cc1[c]ccc(Oc2ccccc2)c1. The van der Waals surface area contributed by atoms with Crippen LogP contribution in [0.2, 0.25) is 0 Å². The molecule has 0 heterocycles. The van der Waals surface area contributed by atoms with Crippen molar-refractivity contribution in [2.24, 2.45) is 0 Å². The van der Waals surface area contributed by atoms with E-state index in [0.29, 0.717) is 11.3 Å². The zero-order valence-corrected chi connectivity index (χ0v) is 7.97. The summed E-state index contributed by atoms with van der Waals surface area (Å²) in [7, 11) is 0. The van der Waals surface area contributed by atoms with E-state index in [4.69, 9.17) is 10.00 Å². The number of rotatable bonds is 2. The maximum absolute atomic E-state index is 8.69. The molecule has 2 rings (SSSR count). The highest BCUT2D eigenvalue weighted by molar-refractivity contribution is 5.38. The van der Waals surface area contributed by atoms with Crippen LogP contribution in [0.4, 0.5) is 0 Å². The van der Waals surface area contributed by atoms with Crippen molar-refractivity contribution in [3.8, 4) is 17.6 Å². The zero-order valence-electron chi connectivity index (χ0n) is 7.97. The van der Waals surface area contributed by atoms with Crippen molar-refractivity contribution < 1.29 is 4.74 Å². The van der Waals surface area contributed by atoms with Crippen LogP contribution >= 0.6 is 0 Å². The molecular weight excluding hydrogens is 186 g/mol. The molecular formula is C13H8NO. The first-order chi connectivity index (χ1) is 7.38. The topological polar surface area (TPSA) is 33.0 Å². The highest BCUT2D eigenvalue weighted by Crippen LogP contribution is 2.20. The van der Waals surface area contributed by atoms with Crippen LogP contribution in [-0.4, -0.2) is 0 Å². The zero-order chi connectivity index (χ0) is 10.5. The highest BCUT2D eigenvalue weighted by atomic mass is 16.5. The van der Waals surface area contributed by atoms with Gasteiger partial charge in [-0.2, -0.15) is 5.26 Å². The second-order valence-electron chi connectivity index (χ2n) is 2.96. The van der Waals surface area contributed by atoms with Gasteiger partial charge in [-0.15, -0.1) is 0 Å². The first-order valence-corrected chi connectivity index (χ1v) is 4.53. The summed E-state index contributed by atoms with van der Waals surface area (Å²) in [4.78, 5) is 0. The molecule has 0 aliphatic rings. The van der Waals surface area contributed by atoms with E-state index in [1.165, 1.54) is 0 Å². The monoisotopic (exact) mass is 194 g/mol. The predicted molar refractivity (Wildman–Crippen MR) is 56.5 cm³/mol. The molecule has 15 heavy (non-hydrogen) atoms. The summed E-state index contributed by atoms with van der Waals surface area (Å²) in [6.45, 7) is 0. The summed E-state index contributed by atoms with van der Waals surface area (Å²) >= 11 is 0. The fourth-order valence-corrected chi connectivity index (χ4v) is 1.20. The molecule has 0 saturated heterocycles. The lowest BCUT2D eigenvalue weighted by atomic mass is 10.2. The Hall–Kier alpha value is -2.27. The molecule has 0 spiro atoms. The van der Waals surface area contributed by atoms with Crippen molar-refractivity contribution in [3.05, 3.63) is 60.2 Å². The first kappa shape index (κ1) is 9.29. The van der Waals surface area contributed by atoms with Gasteiger partial charge in [0.05, 0.1) is 11.6 Å². The first-order valence-electron chi connectivity index (χ1n) is 4.53. The average molecular weight is 194 g/mol. The molecule has 0 fully saturated rings. The van der Waals surface area contributed by atoms with E-state index in [1.807, 2.05) is 36.4 Å². The summed E-state index contributed by atoms with van der Waals surface area (Å²) in [5.41, 5.74) is 0.475. The Morgan fingerprint density at radius 1 is 1.07 bits per heavy atom. The van der Waals surface area contributed by atoms with E-state index in [1.54, 1.807) is 18.2 Å². The van der Waals surface area contributed by atoms with E-state index in [-0.39, 0.29) is 0 Å². The molecule has 0 amide bonds. The molecule has 2 aromatic rings. The number of ether oxygens (including phenoxy) is 1. The fourth-order valence-electron chi connectivity index (χ4n) is 1.20. The molecule has 0 saturated carbocycles. The van der Waals surface area contributed by atoms with Crippen molar-refractivity contribution in [1.29, 1.82) is 5.26 Å². The molecule has 0 aliphatic carbocycles. The largest absolute Gasteiger partial charge is 0.457 e. The third kappa shape index (κ3) is 2.35. The van der Waals surface area contributed by atoms with E-state index in [0.717, 1.165) is 5.75 Å². The van der Waals surface area contributed by atoms with Gasteiger partial charge in [0.2, 0.25) is 0 Å². The summed E-state index contributed by atoms with van der Waals surface area (Å²) in [5.74, 6) is 1.41. The molecule has 0 atom stereocenters. The maximum atomic E-state index is 8.69. The molecule has 71 valence electrons. The van der Waals surface area contributed by atoms with Gasteiger partial charge in [0.25, 0.3) is 0 Å². The lowest BCUT2D eigenvalue weighted by molar-refractivity contribution is 0.482. The van der Waals surface area contributed by atoms with Gasteiger partial charge in [0, 0.05) is 6.07 Å². The smallest absolute Gasteiger partial charge is 0.128 e. The van der Waals surface area contributed by atoms with Crippen LogP contribution < -0.4 is 4.74 Å². The van der Waals surface area contributed by atoms with Gasteiger partial charge in [-0.25, -0.2) is 0 Å². The predicted octanol–water partition coefficient (Wildman–Crippen LogP) is 3.15. The molecule has 0 aromatic heterocycles. The van der Waals surface area contributed by atoms with Crippen molar-refractivity contribution in [2.75, 3.05) is 0 Å². The van der Waals surface area contributed by atoms with Crippen molar-refractivity contribution >= 4 is 0 Å². The standard InChI is InChI=1S/C13H8NO/c14-10-11-5-4-8-13(9-11)15-12-6-2-1-3-7-12/h1-4,6-9H. The molecule has 2 heteroatoms. The maximum Gasteiger partial charge on any atom is 0.128 e. The minimum atomic E-state index is 0.475. The van der Waals surface area contributed by atoms with Gasteiger partial charge in [-0.1, -0.05) is 18.2 Å². The Morgan fingerprint density at radius 2 is 1.87 bits per heavy atom. The van der Waals surface area contributed by atoms with Crippen LogP contribution in [0.5, 0.6) is 11.5 Å². The molecule has 0 aliphatic heterocycles. The molecule has 1 radical (unpaired) electrons. The second-order valence-corrected chi connectivity index (χ2v) is 2.96. The van der Waals surface area contributed by atoms with Crippen LogP contribution in [0, 0.1) is 17.4 Å². The van der Waals surface area contributed by atoms with E-state index < -0.39 is 0 Å². The Labute approximate surface area is 88.4 Å². The minimum absolute atomic E-state index is 0.475. The summed E-state index contributed by atoms with van der Waals surface area (Å²) in [5, 5.41) is 8.69. The van der Waals surface area contributed by atoms with Crippen LogP contribution in [-0.2, 0) is 0 Å². The van der Waals surface area contributed by atoms with Gasteiger partial charge in [0.15, 0.2) is 0 Å². The van der Waals surface area contributed by atoms with E-state index in [9.17, 15) is 0 Å². The Kier molecular flexibility index (Phi) is 2.66. The number of nitrogens with zero attached hydrogens (tertiary/aromatic N) is 1. The summed E-state index contributed by atoms with van der Waals surface area (Å²) < 4.78 is 5.55. The molecule has 2 aromatic carbocycles. The van der Waals surface area contributed by atoms with Crippen LogP contribution in [0.1, 0.15) is 5.56 Å². The Bertz CT molecular complexity index is 485. The van der Waals surface area contributed by atoms with Crippen molar-refractivity contribution in [1.82, 2.24) is 0 Å². The number of benzene rings is 2. The lowest BCUT2D eigenvalue weighted by Gasteiger charge is -2.04. The van der Waals surface area contributed by atoms with E-state index in [2.05, 4.69) is 6.07 Å². The van der Waals surface area contributed by atoms with Crippen LogP contribution in [0.3, 0.4) is 0 Å². The normalized spacial score (nSPS) is 9.27. The fraction of sp³-hybridized carbons (Fsp3) is 0. The third-order valence-corrected chi connectivity index (χ3v) is 1.87. The van der Waals surface area contributed by atoms with Gasteiger partial charge >= 0.3 is 0 Å². The molecule has 0 unspecified atom stereocenters. The molecule has 0 bridgehead atoms. The quantitative estimate of drug-likeness (QED) is 0.735. The summed E-state index contributed by atoms with van der Waals surface area (Å²) in [6, 6.07) is 19.4. The minimum Gasteiger partial charge on any atom is -0.457 e. The van der Waals surface area contributed by atoms with Crippen LogP contribution in [0.25, 0.3) is 0 Å². The Balaban J connectivity index is 2.22. The highest BCUT2D eigenvalue weighted by Gasteiger charge is 1.97. The number of para-hydroxylation sites is 1. The third-order valence-electron chi connectivity index (χ3n) is 1.87. The number of hydrogen-bond donors (Lipinski definition) is 0. The molecule has 0 N–H and O–H groups in total. The van der Waals surface area contributed by atoms with Crippen LogP contribution in [0.15, 0.2) is 48.5 Å². The second kappa shape index (κ2) is 4.30. The Morgan fingerprint density at radius 3 is 2.60 bits per heavy atom. The van der Waals surface area contributed by atoms with Gasteiger partial charge in [0.1, 0.15) is 11.5 Å². The number of nitriles is 1. The molecule has 2 nitrogen and oxygen atoms in total. The van der Waals surface area contributed by atoms with Gasteiger partial charge < -0.3 is 4.74 Å². The van der Waals surface area contributed by atoms with E-state index >= 15 is 0 Å². The van der Waals surface area contributed by atoms with Gasteiger partial charge in [-0.3, -0.25) is 0 Å². The van der Waals surface area contributed by atoms with Crippen molar-refractivity contribution in [3.63, 3.8) is 0 Å². The number of hydrogen-bond acceptors (Lipinski definition) is 2. The summed E-state index contributed by atoms with van der Waals surface area (Å²) in [6.07, 6.45) is 0. The van der Waals surface area contributed by atoms with Gasteiger partial charge in [-0.05, 0) is 30.3 Å². The lowest BCUT2D eigenvalue weighted by Crippen LogP contribution is -1.84. The van der Waals surface area contributed by atoms with Crippen molar-refractivity contribution in [2.45, 2.75) is 0 Å².